The lowest BCUT2D eigenvalue weighted by molar-refractivity contribution is -0.144. The number of hydrogen-bond donors (Lipinski definition) is 1. The topological polar surface area (TPSA) is 29.5 Å². The fourth-order valence-electron chi connectivity index (χ4n) is 3.64. The highest BCUT2D eigenvalue weighted by Crippen LogP contribution is 2.45. The quantitative estimate of drug-likeness (QED) is 0.902. The molecule has 116 valence electrons. The molecule has 2 heterocycles. The lowest BCUT2D eigenvalue weighted by Gasteiger charge is -2.47. The van der Waals surface area contributed by atoms with Crippen molar-refractivity contribution in [1.82, 2.24) is 0 Å². The molecule has 2 saturated heterocycles. The van der Waals surface area contributed by atoms with Gasteiger partial charge in [-0.05, 0) is 67.7 Å². The number of rotatable bonds is 2. The largest absolute Gasteiger partial charge is 0.385 e. The molecule has 2 aliphatic rings. The molecule has 0 aliphatic carbocycles. The highest BCUT2D eigenvalue weighted by atomic mass is 32.2. The first-order chi connectivity index (χ1) is 10.0. The minimum atomic E-state index is -0.997. The smallest absolute Gasteiger partial charge is 0.123 e. The van der Waals surface area contributed by atoms with E-state index in [2.05, 4.69) is 0 Å². The van der Waals surface area contributed by atoms with E-state index in [0.717, 1.165) is 37.2 Å². The van der Waals surface area contributed by atoms with Gasteiger partial charge in [0, 0.05) is 6.61 Å². The summed E-state index contributed by atoms with van der Waals surface area (Å²) in [5, 5.41) is 11.0. The van der Waals surface area contributed by atoms with Crippen LogP contribution < -0.4 is 0 Å². The van der Waals surface area contributed by atoms with E-state index < -0.39 is 5.60 Å². The Morgan fingerprint density at radius 1 is 1.38 bits per heavy atom. The lowest BCUT2D eigenvalue weighted by Crippen LogP contribution is -2.48. The van der Waals surface area contributed by atoms with Crippen molar-refractivity contribution in [3.8, 4) is 0 Å². The van der Waals surface area contributed by atoms with Crippen molar-refractivity contribution < 1.29 is 14.2 Å². The third kappa shape index (κ3) is 3.13. The van der Waals surface area contributed by atoms with Gasteiger partial charge in [-0.25, -0.2) is 4.39 Å². The van der Waals surface area contributed by atoms with Crippen LogP contribution in [0.3, 0.4) is 0 Å². The highest BCUT2D eigenvalue weighted by Gasteiger charge is 2.45. The van der Waals surface area contributed by atoms with Crippen LogP contribution in [0, 0.1) is 11.7 Å². The minimum absolute atomic E-state index is 0.0640. The Morgan fingerprint density at radius 2 is 2.14 bits per heavy atom. The average Bonchev–Trinajstić information content (AvgIpc) is 2.48. The summed E-state index contributed by atoms with van der Waals surface area (Å²) in [5.74, 6) is 2.10. The molecule has 2 atom stereocenters. The maximum absolute atomic E-state index is 13.5. The van der Waals surface area contributed by atoms with Crippen LogP contribution in [0.25, 0.3) is 0 Å². The number of benzene rings is 1. The number of aliphatic hydroxyl groups is 1. The molecule has 1 N–H and O–H groups in total. The van der Waals surface area contributed by atoms with Crippen LogP contribution in [-0.2, 0) is 10.3 Å². The summed E-state index contributed by atoms with van der Waals surface area (Å²) in [6.45, 7) is 2.52. The minimum Gasteiger partial charge on any atom is -0.385 e. The van der Waals surface area contributed by atoms with Gasteiger partial charge in [-0.1, -0.05) is 12.1 Å². The molecule has 2 unspecified atom stereocenters. The van der Waals surface area contributed by atoms with E-state index in [1.165, 1.54) is 12.1 Å². The number of thioether (sulfide) groups is 1. The summed E-state index contributed by atoms with van der Waals surface area (Å²) in [7, 11) is 0. The number of hydrogen-bond acceptors (Lipinski definition) is 3. The molecule has 2 aliphatic heterocycles. The van der Waals surface area contributed by atoms with Crippen molar-refractivity contribution in [3.63, 3.8) is 0 Å². The molecular weight excluding hydrogens is 287 g/mol. The fraction of sp³-hybridized carbons (Fsp3) is 0.647. The Morgan fingerprint density at radius 3 is 2.86 bits per heavy atom. The maximum Gasteiger partial charge on any atom is 0.123 e. The van der Waals surface area contributed by atoms with Gasteiger partial charge in [0.05, 0.1) is 11.2 Å². The summed E-state index contributed by atoms with van der Waals surface area (Å²) in [6.07, 6.45) is 3.83. The van der Waals surface area contributed by atoms with Crippen molar-refractivity contribution in [1.29, 1.82) is 0 Å². The second-order valence-electron chi connectivity index (χ2n) is 6.49. The second kappa shape index (κ2) is 5.90. The van der Waals surface area contributed by atoms with Crippen LogP contribution in [0.5, 0.6) is 0 Å². The van der Waals surface area contributed by atoms with Crippen molar-refractivity contribution in [2.45, 2.75) is 43.8 Å². The molecular formula is C17H23FO2S. The third-order valence-electron chi connectivity index (χ3n) is 5.10. The van der Waals surface area contributed by atoms with Crippen molar-refractivity contribution in [2.75, 3.05) is 18.1 Å². The van der Waals surface area contributed by atoms with Gasteiger partial charge in [0.15, 0.2) is 0 Å². The third-order valence-corrected chi connectivity index (χ3v) is 6.09. The Hall–Kier alpha value is -0.580. The normalized spacial score (nSPS) is 28.2. The Bertz CT molecular complexity index is 492. The number of ether oxygens (including phenoxy) is 1. The molecule has 0 radical (unpaired) electrons. The predicted molar refractivity (Wildman–Crippen MR) is 83.9 cm³/mol. The van der Waals surface area contributed by atoms with Crippen LogP contribution in [0.1, 0.15) is 38.2 Å². The van der Waals surface area contributed by atoms with Gasteiger partial charge >= 0.3 is 0 Å². The molecule has 0 aromatic heterocycles. The van der Waals surface area contributed by atoms with Gasteiger partial charge in [0.25, 0.3) is 0 Å². The van der Waals surface area contributed by atoms with Crippen LogP contribution >= 0.6 is 11.8 Å². The molecule has 2 fully saturated rings. The summed E-state index contributed by atoms with van der Waals surface area (Å²) in [6, 6.07) is 6.37. The van der Waals surface area contributed by atoms with Crippen LogP contribution in [-0.4, -0.2) is 28.8 Å². The zero-order chi connectivity index (χ0) is 14.9. The van der Waals surface area contributed by atoms with Crippen LogP contribution in [0.4, 0.5) is 4.39 Å². The molecule has 0 amide bonds. The van der Waals surface area contributed by atoms with E-state index in [-0.39, 0.29) is 17.3 Å². The lowest BCUT2D eigenvalue weighted by atomic mass is 9.72. The standard InChI is InChI=1S/C17H23FO2S/c1-16(19,13-3-2-4-15(18)11-13)14-5-8-20-17(12-14)6-9-21-10-7-17/h2-4,11,14,19H,5-10,12H2,1H3. The molecule has 4 heteroatoms. The molecule has 2 nitrogen and oxygen atoms in total. The predicted octanol–water partition coefficient (Wildman–Crippen LogP) is 3.73. The van der Waals surface area contributed by atoms with E-state index in [9.17, 15) is 9.50 Å². The Balaban J connectivity index is 1.81. The van der Waals surface area contributed by atoms with Crippen LogP contribution in [0.15, 0.2) is 24.3 Å². The van der Waals surface area contributed by atoms with Gasteiger partial charge < -0.3 is 9.84 Å². The molecule has 0 bridgehead atoms. The summed E-state index contributed by atoms with van der Waals surface area (Å²) in [5.41, 5.74) is -0.385. The van der Waals surface area contributed by atoms with Crippen molar-refractivity contribution in [2.24, 2.45) is 5.92 Å². The van der Waals surface area contributed by atoms with Gasteiger partial charge in [0.1, 0.15) is 5.82 Å². The first-order valence-electron chi connectivity index (χ1n) is 7.72. The van der Waals surface area contributed by atoms with Crippen LogP contribution in [0.2, 0.25) is 0 Å². The molecule has 1 spiro atoms. The monoisotopic (exact) mass is 310 g/mol. The van der Waals surface area contributed by atoms with E-state index in [1.807, 2.05) is 24.8 Å². The molecule has 1 aromatic rings. The van der Waals surface area contributed by atoms with Gasteiger partial charge in [-0.2, -0.15) is 11.8 Å². The van der Waals surface area contributed by atoms with Gasteiger partial charge in [0.2, 0.25) is 0 Å². The molecule has 1 aromatic carbocycles. The summed E-state index contributed by atoms with van der Waals surface area (Å²) >= 11 is 1.98. The molecule has 21 heavy (non-hydrogen) atoms. The fourth-order valence-corrected chi connectivity index (χ4v) is 4.88. The Kier molecular flexibility index (Phi) is 4.30. The molecule has 0 saturated carbocycles. The average molecular weight is 310 g/mol. The summed E-state index contributed by atoms with van der Waals surface area (Å²) < 4.78 is 19.6. The maximum atomic E-state index is 13.5. The first kappa shape index (κ1) is 15.3. The zero-order valence-electron chi connectivity index (χ0n) is 12.5. The SMILES string of the molecule is CC(O)(c1cccc(F)c1)C1CCOC2(CCSCC2)C1. The van der Waals surface area contributed by atoms with E-state index in [0.29, 0.717) is 12.2 Å². The zero-order valence-corrected chi connectivity index (χ0v) is 13.3. The number of halogens is 1. The summed E-state index contributed by atoms with van der Waals surface area (Å²) in [4.78, 5) is 0. The van der Waals surface area contributed by atoms with E-state index in [1.54, 1.807) is 6.07 Å². The van der Waals surface area contributed by atoms with Crippen molar-refractivity contribution in [3.05, 3.63) is 35.6 Å². The molecule has 3 rings (SSSR count). The van der Waals surface area contributed by atoms with Gasteiger partial charge in [-0.3, -0.25) is 0 Å². The van der Waals surface area contributed by atoms with Gasteiger partial charge in [-0.15, -0.1) is 0 Å². The second-order valence-corrected chi connectivity index (χ2v) is 7.72. The first-order valence-corrected chi connectivity index (χ1v) is 8.87. The van der Waals surface area contributed by atoms with E-state index >= 15 is 0 Å². The van der Waals surface area contributed by atoms with Crippen molar-refractivity contribution >= 4 is 11.8 Å². The Labute approximate surface area is 130 Å². The van der Waals surface area contributed by atoms with E-state index in [4.69, 9.17) is 4.74 Å². The highest BCUT2D eigenvalue weighted by molar-refractivity contribution is 7.99.